The lowest BCUT2D eigenvalue weighted by molar-refractivity contribution is -0.0360. The number of nitrogens with one attached hydrogen (secondary N) is 1. The van der Waals surface area contributed by atoms with Gasteiger partial charge in [-0.05, 0) is 6.92 Å². The molecule has 0 saturated carbocycles. The van der Waals surface area contributed by atoms with Gasteiger partial charge in [0.25, 0.3) is 5.91 Å². The smallest absolute Gasteiger partial charge is 0.276 e. The van der Waals surface area contributed by atoms with Crippen molar-refractivity contribution in [1.29, 1.82) is 0 Å². The maximum Gasteiger partial charge on any atom is 0.276 e. The van der Waals surface area contributed by atoms with Crippen LogP contribution in [0.15, 0.2) is 33.7 Å². The Labute approximate surface area is 136 Å². The van der Waals surface area contributed by atoms with Crippen LogP contribution in [0.1, 0.15) is 29.1 Å². The number of hydrogen-bond acceptors (Lipinski definition) is 7. The highest BCUT2D eigenvalue weighted by Gasteiger charge is 2.38. The van der Waals surface area contributed by atoms with Crippen LogP contribution in [-0.4, -0.2) is 54.9 Å². The highest BCUT2D eigenvalue weighted by molar-refractivity contribution is 5.92. The standard InChI is InChI=1S/C15H15N5O4/c1-8-13(21)6-20(8)15(22)12-7-23-14(18-12)3-10-2-11(19-24-10)9-4-16-17-5-9/h2,4-5,7-8,13,21H,3,6H2,1H3,(H,16,17)/t8-,13-/m0/s1. The van der Waals surface area contributed by atoms with Gasteiger partial charge in [0.15, 0.2) is 5.69 Å². The molecule has 0 bridgehead atoms. The van der Waals surface area contributed by atoms with Crippen LogP contribution in [-0.2, 0) is 6.42 Å². The van der Waals surface area contributed by atoms with Crippen LogP contribution in [0.3, 0.4) is 0 Å². The van der Waals surface area contributed by atoms with Gasteiger partial charge in [-0.1, -0.05) is 5.16 Å². The van der Waals surface area contributed by atoms with E-state index in [1.54, 1.807) is 30.3 Å². The summed E-state index contributed by atoms with van der Waals surface area (Å²) in [4.78, 5) is 18.0. The van der Waals surface area contributed by atoms with Gasteiger partial charge >= 0.3 is 0 Å². The normalized spacial score (nSPS) is 20.2. The molecule has 9 nitrogen and oxygen atoms in total. The number of carbonyl (C=O) groups is 1. The van der Waals surface area contributed by atoms with Crippen LogP contribution in [0.4, 0.5) is 0 Å². The molecular weight excluding hydrogens is 314 g/mol. The molecule has 2 atom stereocenters. The Hall–Kier alpha value is -2.94. The summed E-state index contributed by atoms with van der Waals surface area (Å²) < 4.78 is 10.6. The Kier molecular flexibility index (Phi) is 3.42. The van der Waals surface area contributed by atoms with Gasteiger partial charge in [-0.25, -0.2) is 4.98 Å². The number of carbonyl (C=O) groups excluding carboxylic acids is 1. The quantitative estimate of drug-likeness (QED) is 0.727. The monoisotopic (exact) mass is 329 g/mol. The molecule has 1 aliphatic heterocycles. The molecule has 9 heteroatoms. The maximum absolute atomic E-state index is 12.3. The average molecular weight is 329 g/mol. The summed E-state index contributed by atoms with van der Waals surface area (Å²) >= 11 is 0. The minimum absolute atomic E-state index is 0.204. The molecule has 0 aliphatic carbocycles. The number of nitrogens with zero attached hydrogens (tertiary/aromatic N) is 4. The first kappa shape index (κ1) is 14.6. The fraction of sp³-hybridized carbons (Fsp3) is 0.333. The van der Waals surface area contributed by atoms with Crippen molar-refractivity contribution in [2.75, 3.05) is 6.54 Å². The highest BCUT2D eigenvalue weighted by Crippen LogP contribution is 2.22. The summed E-state index contributed by atoms with van der Waals surface area (Å²) in [5.41, 5.74) is 1.70. The topological polar surface area (TPSA) is 121 Å². The molecule has 3 aromatic heterocycles. The second-order valence-corrected chi connectivity index (χ2v) is 5.73. The number of aliphatic hydroxyl groups excluding tert-OH is 1. The van der Waals surface area contributed by atoms with E-state index in [1.807, 2.05) is 0 Å². The van der Waals surface area contributed by atoms with E-state index in [-0.39, 0.29) is 24.1 Å². The number of likely N-dealkylation sites (tertiary alicyclic amines) is 1. The first-order chi connectivity index (χ1) is 11.6. The fourth-order valence-electron chi connectivity index (χ4n) is 2.57. The SMILES string of the molecule is C[C@H]1[C@@H](O)CN1C(=O)c1coc(Cc2cc(-c3cn[nH]c3)no2)n1. The number of amides is 1. The summed E-state index contributed by atoms with van der Waals surface area (Å²) in [7, 11) is 0. The van der Waals surface area contributed by atoms with Crippen LogP contribution >= 0.6 is 0 Å². The summed E-state index contributed by atoms with van der Waals surface area (Å²) in [6.45, 7) is 2.11. The third-order valence-corrected chi connectivity index (χ3v) is 4.14. The van der Waals surface area contributed by atoms with Gasteiger partial charge in [-0.3, -0.25) is 9.89 Å². The third kappa shape index (κ3) is 2.48. The zero-order valence-electron chi connectivity index (χ0n) is 12.8. The van der Waals surface area contributed by atoms with Crippen LogP contribution < -0.4 is 0 Å². The Morgan fingerprint density at radius 3 is 3.12 bits per heavy atom. The van der Waals surface area contributed by atoms with Crippen molar-refractivity contribution in [3.05, 3.63) is 42.1 Å². The van der Waals surface area contributed by atoms with E-state index < -0.39 is 6.10 Å². The predicted octanol–water partition coefficient (Wildman–Crippen LogP) is 0.849. The van der Waals surface area contributed by atoms with Crippen molar-refractivity contribution in [1.82, 2.24) is 25.2 Å². The number of hydrogen-bond donors (Lipinski definition) is 2. The van der Waals surface area contributed by atoms with E-state index in [4.69, 9.17) is 8.94 Å². The molecule has 1 amide bonds. The van der Waals surface area contributed by atoms with Crippen molar-refractivity contribution in [3.8, 4) is 11.3 Å². The number of H-pyrrole nitrogens is 1. The van der Waals surface area contributed by atoms with Crippen molar-refractivity contribution in [2.45, 2.75) is 25.5 Å². The van der Waals surface area contributed by atoms with Gasteiger partial charge in [0, 0.05) is 24.4 Å². The molecule has 0 unspecified atom stereocenters. The Bertz CT molecular complexity index is 853. The lowest BCUT2D eigenvalue weighted by Crippen LogP contribution is -2.60. The number of β-amino-alcohol motifs (C(OH)–C–C–N with tert-alkyl or cyclic N) is 1. The minimum atomic E-state index is -0.476. The molecule has 1 aliphatic rings. The van der Waals surface area contributed by atoms with Gasteiger partial charge in [0.05, 0.1) is 24.8 Å². The van der Waals surface area contributed by atoms with E-state index in [2.05, 4.69) is 20.3 Å². The number of aromatic amines is 1. The minimum Gasteiger partial charge on any atom is -0.448 e. The van der Waals surface area contributed by atoms with E-state index >= 15 is 0 Å². The van der Waals surface area contributed by atoms with Crippen LogP contribution in [0.5, 0.6) is 0 Å². The molecule has 4 rings (SSSR count). The molecule has 0 spiro atoms. The Morgan fingerprint density at radius 1 is 1.54 bits per heavy atom. The third-order valence-electron chi connectivity index (χ3n) is 4.14. The number of rotatable bonds is 4. The van der Waals surface area contributed by atoms with E-state index in [9.17, 15) is 9.90 Å². The van der Waals surface area contributed by atoms with Crippen LogP contribution in [0.25, 0.3) is 11.3 Å². The largest absolute Gasteiger partial charge is 0.448 e. The second-order valence-electron chi connectivity index (χ2n) is 5.73. The lowest BCUT2D eigenvalue weighted by atomic mass is 10.0. The molecule has 124 valence electrons. The van der Waals surface area contributed by atoms with E-state index in [1.165, 1.54) is 6.26 Å². The summed E-state index contributed by atoms with van der Waals surface area (Å²) in [5.74, 6) is 0.682. The molecule has 0 aromatic carbocycles. The van der Waals surface area contributed by atoms with Crippen molar-refractivity contribution >= 4 is 5.91 Å². The Morgan fingerprint density at radius 2 is 2.42 bits per heavy atom. The molecule has 1 fully saturated rings. The summed E-state index contributed by atoms with van der Waals surface area (Å²) in [6, 6.07) is 1.56. The molecule has 24 heavy (non-hydrogen) atoms. The van der Waals surface area contributed by atoms with Crippen LogP contribution in [0, 0.1) is 0 Å². The van der Waals surface area contributed by atoms with Gasteiger partial charge in [-0.15, -0.1) is 0 Å². The predicted molar refractivity (Wildman–Crippen MR) is 79.9 cm³/mol. The zero-order chi connectivity index (χ0) is 16.7. The van der Waals surface area contributed by atoms with E-state index in [0.717, 1.165) is 5.56 Å². The summed E-state index contributed by atoms with van der Waals surface area (Å²) in [5, 5.41) is 20.0. The molecule has 0 radical (unpaired) electrons. The average Bonchev–Trinajstić information content (AvgIpc) is 3.32. The number of oxazole rings is 1. The van der Waals surface area contributed by atoms with Crippen molar-refractivity contribution in [3.63, 3.8) is 0 Å². The van der Waals surface area contributed by atoms with Gasteiger partial charge in [0.1, 0.15) is 17.7 Å². The lowest BCUT2D eigenvalue weighted by Gasteiger charge is -2.42. The molecular formula is C15H15N5O4. The van der Waals surface area contributed by atoms with E-state index in [0.29, 0.717) is 23.9 Å². The molecule has 3 aromatic rings. The molecule has 1 saturated heterocycles. The first-order valence-electron chi connectivity index (χ1n) is 7.50. The molecule has 4 heterocycles. The van der Waals surface area contributed by atoms with Gasteiger partial charge in [-0.2, -0.15) is 5.10 Å². The van der Waals surface area contributed by atoms with Crippen LogP contribution in [0.2, 0.25) is 0 Å². The van der Waals surface area contributed by atoms with Crippen molar-refractivity contribution in [2.24, 2.45) is 0 Å². The zero-order valence-corrected chi connectivity index (χ0v) is 12.8. The fourth-order valence-corrected chi connectivity index (χ4v) is 2.57. The maximum atomic E-state index is 12.3. The van der Waals surface area contributed by atoms with Gasteiger partial charge < -0.3 is 18.9 Å². The van der Waals surface area contributed by atoms with Gasteiger partial charge in [0.2, 0.25) is 5.89 Å². The Balaban J connectivity index is 1.45. The first-order valence-corrected chi connectivity index (χ1v) is 7.50. The molecule has 2 N–H and O–H groups in total. The highest BCUT2D eigenvalue weighted by atomic mass is 16.5. The second kappa shape index (κ2) is 5.60. The van der Waals surface area contributed by atoms with Crippen molar-refractivity contribution < 1.29 is 18.8 Å². The summed E-state index contributed by atoms with van der Waals surface area (Å²) in [6.07, 6.45) is 4.49. The number of aliphatic hydroxyl groups is 1. The number of aromatic nitrogens is 4.